The standard InChI is InChI=1S/C15H21NO5/c1-20-13-4-3-9(6-14(13)21-2)15(19)16-11-5-10(8-17)12(18)7-11/h3-4,6,10-12,17-18H,5,7-8H2,1-2H3,(H,16,19)/t10-,11-,12-/m1/s1. The molecule has 0 aliphatic heterocycles. The highest BCUT2D eigenvalue weighted by atomic mass is 16.5. The van der Waals surface area contributed by atoms with E-state index in [-0.39, 0.29) is 24.5 Å². The van der Waals surface area contributed by atoms with Gasteiger partial charge in [0.2, 0.25) is 0 Å². The van der Waals surface area contributed by atoms with Gasteiger partial charge in [0, 0.05) is 24.1 Å². The van der Waals surface area contributed by atoms with Crippen LogP contribution < -0.4 is 14.8 Å². The molecule has 0 saturated heterocycles. The summed E-state index contributed by atoms with van der Waals surface area (Å²) in [6, 6.07) is 4.82. The number of methoxy groups -OCH3 is 2. The van der Waals surface area contributed by atoms with Crippen LogP contribution in [0.4, 0.5) is 0 Å². The molecule has 0 aromatic heterocycles. The number of nitrogens with one attached hydrogen (secondary N) is 1. The summed E-state index contributed by atoms with van der Waals surface area (Å²) in [5.41, 5.74) is 0.467. The fourth-order valence-electron chi connectivity index (χ4n) is 2.66. The first kappa shape index (κ1) is 15.6. The van der Waals surface area contributed by atoms with E-state index in [2.05, 4.69) is 5.32 Å². The lowest BCUT2D eigenvalue weighted by Gasteiger charge is -2.14. The number of hydrogen-bond acceptors (Lipinski definition) is 5. The Balaban J connectivity index is 2.04. The average molecular weight is 295 g/mol. The summed E-state index contributed by atoms with van der Waals surface area (Å²) in [6.45, 7) is -0.0656. The Labute approximate surface area is 123 Å². The molecule has 1 aliphatic carbocycles. The second-order valence-electron chi connectivity index (χ2n) is 5.22. The third kappa shape index (κ3) is 3.46. The minimum absolute atomic E-state index is 0.0656. The van der Waals surface area contributed by atoms with Gasteiger partial charge in [-0.05, 0) is 31.0 Å². The van der Waals surface area contributed by atoms with Crippen LogP contribution >= 0.6 is 0 Å². The lowest BCUT2D eigenvalue weighted by molar-refractivity contribution is 0.0903. The molecule has 0 heterocycles. The molecule has 3 atom stereocenters. The summed E-state index contributed by atoms with van der Waals surface area (Å²) in [5.74, 6) is 0.656. The molecule has 1 amide bonds. The van der Waals surface area contributed by atoms with Crippen molar-refractivity contribution in [1.29, 1.82) is 0 Å². The molecule has 3 N–H and O–H groups in total. The van der Waals surface area contributed by atoms with Crippen LogP contribution in [0.5, 0.6) is 11.5 Å². The van der Waals surface area contributed by atoms with Crippen LogP contribution in [-0.2, 0) is 0 Å². The van der Waals surface area contributed by atoms with E-state index in [4.69, 9.17) is 14.6 Å². The molecular weight excluding hydrogens is 274 g/mol. The maximum atomic E-state index is 12.2. The molecule has 1 saturated carbocycles. The SMILES string of the molecule is COc1ccc(C(=O)N[C@@H]2C[C@H](CO)[C@H](O)C2)cc1OC. The van der Waals surface area contributed by atoms with E-state index in [1.54, 1.807) is 18.2 Å². The first-order chi connectivity index (χ1) is 10.1. The van der Waals surface area contributed by atoms with Gasteiger partial charge in [-0.15, -0.1) is 0 Å². The van der Waals surface area contributed by atoms with Crippen LogP contribution in [-0.4, -0.2) is 49.1 Å². The Bertz CT molecular complexity index is 505. The average Bonchev–Trinajstić information content (AvgIpc) is 2.86. The first-order valence-electron chi connectivity index (χ1n) is 6.90. The lowest BCUT2D eigenvalue weighted by Crippen LogP contribution is -2.33. The minimum Gasteiger partial charge on any atom is -0.493 e. The van der Waals surface area contributed by atoms with Gasteiger partial charge < -0.3 is 25.0 Å². The maximum absolute atomic E-state index is 12.2. The largest absolute Gasteiger partial charge is 0.493 e. The Kier molecular flexibility index (Phi) is 5.03. The fourth-order valence-corrected chi connectivity index (χ4v) is 2.66. The van der Waals surface area contributed by atoms with Crippen molar-refractivity contribution in [3.8, 4) is 11.5 Å². The van der Waals surface area contributed by atoms with Crippen LogP contribution in [0.2, 0.25) is 0 Å². The highest BCUT2D eigenvalue weighted by Gasteiger charge is 2.33. The van der Waals surface area contributed by atoms with Gasteiger partial charge in [-0.2, -0.15) is 0 Å². The molecule has 0 radical (unpaired) electrons. The molecule has 6 nitrogen and oxygen atoms in total. The number of amides is 1. The maximum Gasteiger partial charge on any atom is 0.251 e. The molecule has 1 aliphatic rings. The predicted octanol–water partition coefficient (Wildman–Crippen LogP) is 0.565. The quantitative estimate of drug-likeness (QED) is 0.739. The van der Waals surface area contributed by atoms with Gasteiger partial charge >= 0.3 is 0 Å². The van der Waals surface area contributed by atoms with Gasteiger partial charge in [0.05, 0.1) is 20.3 Å². The van der Waals surface area contributed by atoms with Crippen LogP contribution in [0.15, 0.2) is 18.2 Å². The Morgan fingerprint density at radius 1 is 1.29 bits per heavy atom. The van der Waals surface area contributed by atoms with E-state index in [1.807, 2.05) is 0 Å². The Hall–Kier alpha value is -1.79. The van der Waals surface area contributed by atoms with E-state index in [1.165, 1.54) is 14.2 Å². The number of rotatable bonds is 5. The summed E-state index contributed by atoms with van der Waals surface area (Å²) in [6.07, 6.45) is 0.478. The summed E-state index contributed by atoms with van der Waals surface area (Å²) in [4.78, 5) is 12.2. The van der Waals surface area contributed by atoms with Crippen molar-refractivity contribution in [2.24, 2.45) is 5.92 Å². The van der Waals surface area contributed by atoms with Crippen LogP contribution in [0.25, 0.3) is 0 Å². The van der Waals surface area contributed by atoms with Gasteiger partial charge in [-0.1, -0.05) is 0 Å². The molecule has 2 rings (SSSR count). The molecule has 1 fully saturated rings. The molecule has 0 unspecified atom stereocenters. The van der Waals surface area contributed by atoms with Crippen molar-refractivity contribution in [2.75, 3.05) is 20.8 Å². The van der Waals surface area contributed by atoms with E-state index >= 15 is 0 Å². The van der Waals surface area contributed by atoms with E-state index in [0.29, 0.717) is 29.9 Å². The molecule has 116 valence electrons. The van der Waals surface area contributed by atoms with Crippen LogP contribution in [0, 0.1) is 5.92 Å². The van der Waals surface area contributed by atoms with Gasteiger partial charge in [0.25, 0.3) is 5.91 Å². The predicted molar refractivity (Wildman–Crippen MR) is 76.6 cm³/mol. The Morgan fingerprint density at radius 2 is 2.00 bits per heavy atom. The number of aliphatic hydroxyl groups excluding tert-OH is 2. The number of hydrogen-bond donors (Lipinski definition) is 3. The van der Waals surface area contributed by atoms with Gasteiger partial charge in [0.15, 0.2) is 11.5 Å². The minimum atomic E-state index is -0.564. The highest BCUT2D eigenvalue weighted by Crippen LogP contribution is 2.29. The first-order valence-corrected chi connectivity index (χ1v) is 6.90. The fraction of sp³-hybridized carbons (Fsp3) is 0.533. The molecule has 1 aromatic carbocycles. The summed E-state index contributed by atoms with van der Waals surface area (Å²) >= 11 is 0. The normalized spacial score (nSPS) is 24.7. The topological polar surface area (TPSA) is 88.0 Å². The summed E-state index contributed by atoms with van der Waals surface area (Å²) in [5, 5.41) is 21.7. The van der Waals surface area contributed by atoms with Gasteiger partial charge in [-0.3, -0.25) is 4.79 Å². The van der Waals surface area contributed by atoms with Crippen molar-refractivity contribution in [3.63, 3.8) is 0 Å². The number of aliphatic hydroxyl groups is 2. The molecular formula is C15H21NO5. The van der Waals surface area contributed by atoms with E-state index in [0.717, 1.165) is 0 Å². The molecule has 1 aromatic rings. The highest BCUT2D eigenvalue weighted by molar-refractivity contribution is 5.95. The van der Waals surface area contributed by atoms with Crippen molar-refractivity contribution >= 4 is 5.91 Å². The van der Waals surface area contributed by atoms with Gasteiger partial charge in [-0.25, -0.2) is 0 Å². The third-order valence-corrected chi connectivity index (χ3v) is 3.87. The van der Waals surface area contributed by atoms with E-state index in [9.17, 15) is 9.90 Å². The zero-order valence-corrected chi connectivity index (χ0v) is 12.2. The van der Waals surface area contributed by atoms with Crippen molar-refractivity contribution in [1.82, 2.24) is 5.32 Å². The third-order valence-electron chi connectivity index (χ3n) is 3.87. The Morgan fingerprint density at radius 3 is 2.57 bits per heavy atom. The van der Waals surface area contributed by atoms with Crippen LogP contribution in [0.3, 0.4) is 0 Å². The lowest BCUT2D eigenvalue weighted by atomic mass is 10.1. The zero-order chi connectivity index (χ0) is 15.4. The van der Waals surface area contributed by atoms with Crippen molar-refractivity contribution in [3.05, 3.63) is 23.8 Å². The van der Waals surface area contributed by atoms with Crippen molar-refractivity contribution in [2.45, 2.75) is 25.0 Å². The smallest absolute Gasteiger partial charge is 0.251 e. The zero-order valence-electron chi connectivity index (χ0n) is 12.2. The van der Waals surface area contributed by atoms with E-state index < -0.39 is 6.10 Å². The van der Waals surface area contributed by atoms with Crippen LogP contribution in [0.1, 0.15) is 23.2 Å². The molecule has 6 heteroatoms. The number of carbonyl (C=O) groups is 1. The number of ether oxygens (including phenoxy) is 2. The second kappa shape index (κ2) is 6.78. The molecule has 21 heavy (non-hydrogen) atoms. The summed E-state index contributed by atoms with van der Waals surface area (Å²) < 4.78 is 10.3. The van der Waals surface area contributed by atoms with Crippen molar-refractivity contribution < 1.29 is 24.5 Å². The molecule has 0 spiro atoms. The summed E-state index contributed by atoms with van der Waals surface area (Å²) in [7, 11) is 3.05. The monoisotopic (exact) mass is 295 g/mol. The van der Waals surface area contributed by atoms with Gasteiger partial charge in [0.1, 0.15) is 0 Å². The second-order valence-corrected chi connectivity index (χ2v) is 5.22. The number of carbonyl (C=O) groups excluding carboxylic acids is 1. The number of benzene rings is 1. The molecule has 0 bridgehead atoms.